The third kappa shape index (κ3) is 1.63. The first-order valence-electron chi connectivity index (χ1n) is 4.34. The molecular weight excluding hydrogens is 167 g/mol. The van der Waals surface area contributed by atoms with E-state index in [1.165, 1.54) is 6.92 Å². The highest BCUT2D eigenvalue weighted by molar-refractivity contribution is 5.61. The van der Waals surface area contributed by atoms with Gasteiger partial charge >= 0.3 is 0 Å². The molecule has 1 aliphatic rings. The van der Waals surface area contributed by atoms with Crippen molar-refractivity contribution in [3.8, 4) is 0 Å². The van der Waals surface area contributed by atoms with Crippen molar-refractivity contribution >= 4 is 6.08 Å². The van der Waals surface area contributed by atoms with Gasteiger partial charge in [-0.05, 0) is 18.1 Å². The van der Waals surface area contributed by atoms with E-state index in [1.54, 1.807) is 0 Å². The minimum absolute atomic E-state index is 0.212. The van der Waals surface area contributed by atoms with Crippen LogP contribution in [-0.4, -0.2) is 6.36 Å². The average Bonchev–Trinajstić information content (AvgIpc) is 2.48. The fraction of sp³-hybridized carbons (Fsp3) is 0.273. The Kier molecular flexibility index (Phi) is 2.15. The Morgan fingerprint density at radius 1 is 1.38 bits per heavy atom. The number of hydrogen-bond donors (Lipinski definition) is 0. The molecule has 1 nitrogen and oxygen atoms in total. The Morgan fingerprint density at radius 2 is 2.15 bits per heavy atom. The maximum Gasteiger partial charge on any atom is 0.196 e. The van der Waals surface area contributed by atoms with Gasteiger partial charge in [-0.15, -0.1) is 0 Å². The number of benzene rings is 1. The summed E-state index contributed by atoms with van der Waals surface area (Å²) in [5.74, 6) is 0. The summed E-state index contributed by atoms with van der Waals surface area (Å²) in [5, 5.41) is 0. The van der Waals surface area contributed by atoms with Crippen LogP contribution in [-0.2, 0) is 4.74 Å². The van der Waals surface area contributed by atoms with Crippen LogP contribution in [0.25, 0.3) is 6.08 Å². The Bertz CT molecular complexity index is 331. The molecule has 2 unspecified atom stereocenters. The van der Waals surface area contributed by atoms with Gasteiger partial charge in [-0.1, -0.05) is 36.4 Å². The largest absolute Gasteiger partial charge is 0.336 e. The first-order chi connectivity index (χ1) is 6.27. The number of alkyl halides is 1. The number of rotatable bonds is 2. The minimum Gasteiger partial charge on any atom is -0.336 e. The van der Waals surface area contributed by atoms with Crippen molar-refractivity contribution in [2.75, 3.05) is 0 Å². The van der Waals surface area contributed by atoms with Crippen LogP contribution in [0.3, 0.4) is 0 Å². The minimum atomic E-state index is -1.22. The van der Waals surface area contributed by atoms with Gasteiger partial charge in [-0.25, -0.2) is 4.39 Å². The number of ether oxygens (including phenoxy) is 1. The molecule has 13 heavy (non-hydrogen) atoms. The van der Waals surface area contributed by atoms with Crippen molar-refractivity contribution in [2.24, 2.45) is 0 Å². The number of halogens is 1. The molecule has 68 valence electrons. The zero-order valence-electron chi connectivity index (χ0n) is 7.41. The zero-order chi connectivity index (χ0) is 9.26. The lowest BCUT2D eigenvalue weighted by Crippen LogP contribution is -2.05. The lowest BCUT2D eigenvalue weighted by Gasteiger charge is -2.12. The van der Waals surface area contributed by atoms with E-state index in [1.807, 2.05) is 36.4 Å². The first kappa shape index (κ1) is 8.45. The zero-order valence-corrected chi connectivity index (χ0v) is 7.41. The van der Waals surface area contributed by atoms with Gasteiger partial charge in [0.15, 0.2) is 6.36 Å². The maximum atomic E-state index is 12.6. The number of fused-ring (bicyclic) bond motifs is 1. The number of hydrogen-bond acceptors (Lipinski definition) is 1. The Labute approximate surface area is 76.8 Å². The van der Waals surface area contributed by atoms with Crippen molar-refractivity contribution in [2.45, 2.75) is 19.4 Å². The molecule has 0 fully saturated rings. The molecule has 2 heteroatoms. The highest BCUT2D eigenvalue weighted by Crippen LogP contribution is 2.31. The lowest BCUT2D eigenvalue weighted by molar-refractivity contribution is -0.0551. The summed E-state index contributed by atoms with van der Waals surface area (Å²) < 4.78 is 17.7. The van der Waals surface area contributed by atoms with Crippen LogP contribution in [0.5, 0.6) is 0 Å². The molecule has 0 spiro atoms. The SMILES string of the molecule is CC(F)OC1C=Cc2ccccc21. The molecule has 2 atom stereocenters. The maximum absolute atomic E-state index is 12.6. The molecule has 0 aromatic heterocycles. The molecular formula is C11H11FO. The van der Waals surface area contributed by atoms with E-state index in [0.717, 1.165) is 11.1 Å². The molecule has 1 aliphatic carbocycles. The summed E-state index contributed by atoms with van der Waals surface area (Å²) in [5.41, 5.74) is 2.17. The molecule has 0 bridgehead atoms. The van der Waals surface area contributed by atoms with Gasteiger partial charge in [-0.2, -0.15) is 0 Å². The van der Waals surface area contributed by atoms with E-state index < -0.39 is 6.36 Å². The predicted octanol–water partition coefficient (Wildman–Crippen LogP) is 3.09. The van der Waals surface area contributed by atoms with Crippen LogP contribution in [0.4, 0.5) is 4.39 Å². The highest BCUT2D eigenvalue weighted by Gasteiger charge is 2.18. The Balaban J connectivity index is 2.23. The molecule has 1 aromatic carbocycles. The third-order valence-electron chi connectivity index (χ3n) is 2.09. The monoisotopic (exact) mass is 178 g/mol. The van der Waals surface area contributed by atoms with Crippen LogP contribution < -0.4 is 0 Å². The van der Waals surface area contributed by atoms with Crippen LogP contribution in [0.1, 0.15) is 24.2 Å². The predicted molar refractivity (Wildman–Crippen MR) is 49.9 cm³/mol. The van der Waals surface area contributed by atoms with Gasteiger partial charge in [-0.3, -0.25) is 0 Å². The quantitative estimate of drug-likeness (QED) is 0.676. The smallest absolute Gasteiger partial charge is 0.196 e. The van der Waals surface area contributed by atoms with E-state index in [-0.39, 0.29) is 6.10 Å². The fourth-order valence-corrected chi connectivity index (χ4v) is 1.54. The summed E-state index contributed by atoms with van der Waals surface area (Å²) in [6.45, 7) is 1.40. The molecule has 0 radical (unpaired) electrons. The molecule has 0 amide bonds. The van der Waals surface area contributed by atoms with E-state index in [2.05, 4.69) is 0 Å². The second-order valence-electron chi connectivity index (χ2n) is 3.09. The van der Waals surface area contributed by atoms with E-state index in [4.69, 9.17) is 4.74 Å². The van der Waals surface area contributed by atoms with Gasteiger partial charge in [0, 0.05) is 0 Å². The van der Waals surface area contributed by atoms with Crippen molar-refractivity contribution in [1.29, 1.82) is 0 Å². The molecule has 0 saturated carbocycles. The summed E-state index contributed by atoms with van der Waals surface area (Å²) >= 11 is 0. The topological polar surface area (TPSA) is 9.23 Å². The highest BCUT2D eigenvalue weighted by atomic mass is 19.1. The van der Waals surface area contributed by atoms with Gasteiger partial charge in [0.25, 0.3) is 0 Å². The van der Waals surface area contributed by atoms with Crippen molar-refractivity contribution in [1.82, 2.24) is 0 Å². The van der Waals surface area contributed by atoms with Crippen molar-refractivity contribution in [3.63, 3.8) is 0 Å². The average molecular weight is 178 g/mol. The standard InChI is InChI=1S/C11H11FO/c1-8(12)13-11-7-6-9-4-2-3-5-10(9)11/h2-8,11H,1H3. The van der Waals surface area contributed by atoms with Gasteiger partial charge in [0.2, 0.25) is 0 Å². The van der Waals surface area contributed by atoms with Gasteiger partial charge in [0.1, 0.15) is 6.10 Å². The van der Waals surface area contributed by atoms with Crippen molar-refractivity contribution in [3.05, 3.63) is 41.5 Å². The van der Waals surface area contributed by atoms with Gasteiger partial charge in [0.05, 0.1) is 0 Å². The lowest BCUT2D eigenvalue weighted by atomic mass is 10.1. The summed E-state index contributed by atoms with van der Waals surface area (Å²) in [7, 11) is 0. The van der Waals surface area contributed by atoms with Crippen LogP contribution in [0.2, 0.25) is 0 Å². The molecule has 0 saturated heterocycles. The summed E-state index contributed by atoms with van der Waals surface area (Å²) in [6, 6.07) is 7.86. The summed E-state index contributed by atoms with van der Waals surface area (Å²) in [4.78, 5) is 0. The van der Waals surface area contributed by atoms with Crippen LogP contribution >= 0.6 is 0 Å². The van der Waals surface area contributed by atoms with E-state index >= 15 is 0 Å². The second-order valence-corrected chi connectivity index (χ2v) is 3.09. The molecule has 0 heterocycles. The van der Waals surface area contributed by atoms with Crippen LogP contribution in [0.15, 0.2) is 30.3 Å². The van der Waals surface area contributed by atoms with Crippen molar-refractivity contribution < 1.29 is 9.13 Å². The summed E-state index contributed by atoms with van der Waals surface area (Å²) in [6.07, 6.45) is 2.40. The molecule has 1 aromatic rings. The van der Waals surface area contributed by atoms with E-state index in [9.17, 15) is 4.39 Å². The second kappa shape index (κ2) is 3.30. The molecule has 0 aliphatic heterocycles. The normalized spacial score (nSPS) is 21.5. The molecule has 0 N–H and O–H groups in total. The first-order valence-corrected chi connectivity index (χ1v) is 4.34. The Morgan fingerprint density at radius 3 is 2.92 bits per heavy atom. The van der Waals surface area contributed by atoms with Crippen LogP contribution in [0, 0.1) is 0 Å². The van der Waals surface area contributed by atoms with Gasteiger partial charge < -0.3 is 4.74 Å². The Hall–Kier alpha value is -1.15. The molecule has 2 rings (SSSR count). The van der Waals surface area contributed by atoms with E-state index in [0.29, 0.717) is 0 Å². The fourth-order valence-electron chi connectivity index (χ4n) is 1.54. The third-order valence-corrected chi connectivity index (χ3v) is 2.09.